The molecule has 1 spiro atoms. The summed E-state index contributed by atoms with van der Waals surface area (Å²) in [7, 11) is 1.95. The lowest BCUT2D eigenvalue weighted by molar-refractivity contribution is -0.176. The third kappa shape index (κ3) is 2.41. The van der Waals surface area contributed by atoms with E-state index in [-0.39, 0.29) is 11.5 Å². The van der Waals surface area contributed by atoms with Crippen LogP contribution in [0.15, 0.2) is 47.8 Å². The molecule has 0 N–H and O–H groups in total. The van der Waals surface area contributed by atoms with Crippen LogP contribution in [0.25, 0.3) is 0 Å². The minimum Gasteiger partial charge on any atom is -0.337 e. The van der Waals surface area contributed by atoms with Crippen molar-refractivity contribution in [3.05, 3.63) is 58.3 Å². The van der Waals surface area contributed by atoms with Crippen LogP contribution in [-0.2, 0) is 11.3 Å². The van der Waals surface area contributed by atoms with Gasteiger partial charge in [0.15, 0.2) is 0 Å². The standard InChI is InChI=1S/C19H22N2OS/c1-20-17(15-6-3-2-4-7-15)19(18(20)22)9-11-21(12-10-19)14-16-8-5-13-23-16/h2-8,13,17H,9-12,14H2,1H3. The maximum Gasteiger partial charge on any atom is 0.231 e. The van der Waals surface area contributed by atoms with E-state index >= 15 is 0 Å². The van der Waals surface area contributed by atoms with Gasteiger partial charge in [-0.15, -0.1) is 11.3 Å². The Kier molecular flexibility index (Phi) is 3.74. The van der Waals surface area contributed by atoms with Gasteiger partial charge in [-0.25, -0.2) is 0 Å². The molecule has 3 heterocycles. The monoisotopic (exact) mass is 326 g/mol. The lowest BCUT2D eigenvalue weighted by Crippen LogP contribution is -2.64. The number of nitrogens with zero attached hydrogens (tertiary/aromatic N) is 2. The summed E-state index contributed by atoms with van der Waals surface area (Å²) in [4.78, 5) is 18.5. The van der Waals surface area contributed by atoms with E-state index in [1.54, 1.807) is 0 Å². The molecule has 2 fully saturated rings. The molecule has 1 amide bonds. The average Bonchev–Trinajstić information content (AvgIpc) is 3.10. The zero-order valence-corrected chi connectivity index (χ0v) is 14.3. The van der Waals surface area contributed by atoms with E-state index < -0.39 is 0 Å². The molecule has 1 atom stereocenters. The highest BCUT2D eigenvalue weighted by Crippen LogP contribution is 2.55. The van der Waals surface area contributed by atoms with Gasteiger partial charge in [0.2, 0.25) is 5.91 Å². The van der Waals surface area contributed by atoms with Gasteiger partial charge in [-0.1, -0.05) is 36.4 Å². The molecule has 1 aromatic carbocycles. The van der Waals surface area contributed by atoms with Crippen molar-refractivity contribution in [3.63, 3.8) is 0 Å². The van der Waals surface area contributed by atoms with Crippen LogP contribution in [0.5, 0.6) is 0 Å². The fourth-order valence-electron chi connectivity index (χ4n) is 4.29. The molecule has 2 aromatic rings. The summed E-state index contributed by atoms with van der Waals surface area (Å²) < 4.78 is 0. The largest absolute Gasteiger partial charge is 0.337 e. The topological polar surface area (TPSA) is 23.6 Å². The van der Waals surface area contributed by atoms with Gasteiger partial charge < -0.3 is 4.90 Å². The number of thiophene rings is 1. The average molecular weight is 326 g/mol. The molecule has 4 rings (SSSR count). The van der Waals surface area contributed by atoms with Crippen LogP contribution in [0.3, 0.4) is 0 Å². The minimum absolute atomic E-state index is 0.165. The zero-order chi connectivity index (χ0) is 15.9. The first-order chi connectivity index (χ1) is 11.2. The van der Waals surface area contributed by atoms with Crippen molar-refractivity contribution in [1.82, 2.24) is 9.80 Å². The van der Waals surface area contributed by atoms with Crippen molar-refractivity contribution in [2.24, 2.45) is 5.41 Å². The number of hydrogen-bond donors (Lipinski definition) is 0. The van der Waals surface area contributed by atoms with Gasteiger partial charge in [0.05, 0.1) is 11.5 Å². The molecule has 2 aliphatic rings. The molecule has 2 aliphatic heterocycles. The van der Waals surface area contributed by atoms with E-state index in [0.717, 1.165) is 32.5 Å². The Labute approximate surface area is 141 Å². The Hall–Kier alpha value is -1.65. The van der Waals surface area contributed by atoms with Crippen molar-refractivity contribution in [2.75, 3.05) is 20.1 Å². The molecule has 1 unspecified atom stereocenters. The Bertz CT molecular complexity index is 675. The smallest absolute Gasteiger partial charge is 0.231 e. The van der Waals surface area contributed by atoms with E-state index in [1.807, 2.05) is 29.4 Å². The first-order valence-electron chi connectivity index (χ1n) is 8.28. The van der Waals surface area contributed by atoms with Crippen LogP contribution in [-0.4, -0.2) is 35.8 Å². The summed E-state index contributed by atoms with van der Waals surface area (Å²) in [6.45, 7) is 3.05. The van der Waals surface area contributed by atoms with Gasteiger partial charge in [0, 0.05) is 18.5 Å². The Morgan fingerprint density at radius 3 is 2.52 bits per heavy atom. The quantitative estimate of drug-likeness (QED) is 0.806. The first kappa shape index (κ1) is 14.9. The van der Waals surface area contributed by atoms with Crippen molar-refractivity contribution in [3.8, 4) is 0 Å². The van der Waals surface area contributed by atoms with E-state index in [4.69, 9.17) is 0 Å². The summed E-state index contributed by atoms with van der Waals surface area (Å²) in [6, 6.07) is 15.1. The molecule has 23 heavy (non-hydrogen) atoms. The fourth-order valence-corrected chi connectivity index (χ4v) is 5.03. The number of benzene rings is 1. The number of rotatable bonds is 3. The van der Waals surface area contributed by atoms with Gasteiger partial charge in [0.25, 0.3) is 0 Å². The lowest BCUT2D eigenvalue weighted by Gasteiger charge is -2.58. The van der Waals surface area contributed by atoms with Gasteiger partial charge in [-0.2, -0.15) is 0 Å². The second kappa shape index (κ2) is 5.77. The maximum absolute atomic E-state index is 12.7. The minimum atomic E-state index is -0.165. The van der Waals surface area contributed by atoms with Crippen LogP contribution in [0.1, 0.15) is 29.3 Å². The van der Waals surface area contributed by atoms with Crippen LogP contribution in [0.4, 0.5) is 0 Å². The van der Waals surface area contributed by atoms with Gasteiger partial charge in [-0.05, 0) is 42.9 Å². The van der Waals surface area contributed by atoms with Crippen molar-refractivity contribution >= 4 is 17.2 Å². The Morgan fingerprint density at radius 2 is 1.87 bits per heavy atom. The predicted molar refractivity (Wildman–Crippen MR) is 93.2 cm³/mol. The van der Waals surface area contributed by atoms with Gasteiger partial charge in [0.1, 0.15) is 0 Å². The van der Waals surface area contributed by atoms with Crippen molar-refractivity contribution in [1.29, 1.82) is 0 Å². The fraction of sp³-hybridized carbons (Fsp3) is 0.421. The summed E-state index contributed by atoms with van der Waals surface area (Å²) in [5, 5.41) is 2.14. The Morgan fingerprint density at radius 1 is 1.13 bits per heavy atom. The van der Waals surface area contributed by atoms with Crippen LogP contribution < -0.4 is 0 Å². The SMILES string of the molecule is CN1C(=O)C2(CCN(Cc3cccs3)CC2)C1c1ccccc1. The second-order valence-electron chi connectivity index (χ2n) is 6.74. The van der Waals surface area contributed by atoms with E-state index in [2.05, 4.69) is 46.7 Å². The lowest BCUT2D eigenvalue weighted by atomic mass is 9.62. The highest BCUT2D eigenvalue weighted by molar-refractivity contribution is 7.09. The molecule has 1 aromatic heterocycles. The Balaban J connectivity index is 1.49. The summed E-state index contributed by atoms with van der Waals surface area (Å²) in [5.41, 5.74) is 1.11. The van der Waals surface area contributed by atoms with E-state index in [1.165, 1.54) is 10.4 Å². The molecule has 4 heteroatoms. The number of carbonyl (C=O) groups excluding carboxylic acids is 1. The van der Waals surface area contributed by atoms with Crippen molar-refractivity contribution < 1.29 is 4.79 Å². The molecule has 0 saturated carbocycles. The van der Waals surface area contributed by atoms with Gasteiger partial charge >= 0.3 is 0 Å². The molecule has 2 saturated heterocycles. The van der Waals surface area contributed by atoms with Crippen LogP contribution >= 0.6 is 11.3 Å². The summed E-state index contributed by atoms with van der Waals surface area (Å²) in [5.74, 6) is 0.335. The van der Waals surface area contributed by atoms with E-state index in [9.17, 15) is 4.79 Å². The zero-order valence-electron chi connectivity index (χ0n) is 13.4. The van der Waals surface area contributed by atoms with Crippen LogP contribution in [0.2, 0.25) is 0 Å². The second-order valence-corrected chi connectivity index (χ2v) is 7.77. The first-order valence-corrected chi connectivity index (χ1v) is 9.16. The molecule has 0 bridgehead atoms. The molecule has 0 radical (unpaired) electrons. The third-order valence-corrected chi connectivity index (χ3v) is 6.34. The highest BCUT2D eigenvalue weighted by Gasteiger charge is 2.59. The predicted octanol–water partition coefficient (Wildman–Crippen LogP) is 3.54. The number of amides is 1. The van der Waals surface area contributed by atoms with Crippen LogP contribution in [0, 0.1) is 5.41 Å². The molecular formula is C19H22N2OS. The number of carbonyl (C=O) groups is 1. The van der Waals surface area contributed by atoms with Crippen molar-refractivity contribution in [2.45, 2.75) is 25.4 Å². The summed E-state index contributed by atoms with van der Waals surface area (Å²) in [6.07, 6.45) is 1.95. The molecular weight excluding hydrogens is 304 g/mol. The number of β-lactam (4-membered cyclic amide) rings is 1. The number of hydrogen-bond acceptors (Lipinski definition) is 3. The molecule has 120 valence electrons. The highest BCUT2D eigenvalue weighted by atomic mass is 32.1. The molecule has 0 aliphatic carbocycles. The number of likely N-dealkylation sites (tertiary alicyclic amines) is 2. The molecule has 3 nitrogen and oxygen atoms in total. The maximum atomic E-state index is 12.7. The number of piperidine rings is 1. The van der Waals surface area contributed by atoms with E-state index in [0.29, 0.717) is 5.91 Å². The third-order valence-electron chi connectivity index (χ3n) is 5.48. The normalized spacial score (nSPS) is 24.0. The summed E-state index contributed by atoms with van der Waals surface area (Å²) >= 11 is 1.82. The van der Waals surface area contributed by atoms with Gasteiger partial charge in [-0.3, -0.25) is 9.69 Å².